The van der Waals surface area contributed by atoms with Gasteiger partial charge in [0.25, 0.3) is 0 Å². The van der Waals surface area contributed by atoms with Crippen LogP contribution in [0.2, 0.25) is 0 Å². The number of aliphatic hydroxyl groups excluding tert-OH is 7. The van der Waals surface area contributed by atoms with Crippen LogP contribution in [0.15, 0.2) is 0 Å². The third-order valence-electron chi connectivity index (χ3n) is 12.9. The molecule has 1 heterocycles. The van der Waals surface area contributed by atoms with Crippen LogP contribution >= 0.6 is 0 Å². The van der Waals surface area contributed by atoms with Crippen molar-refractivity contribution in [3.05, 3.63) is 0 Å². The average molecular weight is 601 g/mol. The Kier molecular flexibility index (Phi) is 9.48. The van der Waals surface area contributed by atoms with E-state index in [9.17, 15) is 40.9 Å². The summed E-state index contributed by atoms with van der Waals surface area (Å²) in [6.45, 7) is 8.44. The maximum atomic E-state index is 12.6. The van der Waals surface area contributed by atoms with Crippen LogP contribution < -0.4 is 0 Å². The van der Waals surface area contributed by atoms with Gasteiger partial charge in [-0.1, -0.05) is 40.5 Å². The van der Waals surface area contributed by atoms with E-state index < -0.39 is 65.3 Å². The van der Waals surface area contributed by atoms with E-state index in [0.29, 0.717) is 19.3 Å². The van der Waals surface area contributed by atoms with Crippen molar-refractivity contribution in [3.8, 4) is 0 Å². The number of ether oxygens (including phenoxy) is 2. The molecule has 10 heteroatoms. The van der Waals surface area contributed by atoms with Crippen molar-refractivity contribution in [3.63, 3.8) is 0 Å². The first-order valence-corrected chi connectivity index (χ1v) is 16.4. The average Bonchev–Trinajstić information content (AvgIpc) is 3.14. The van der Waals surface area contributed by atoms with Gasteiger partial charge < -0.3 is 50.3 Å². The molecule has 244 valence electrons. The molecule has 4 saturated carbocycles. The van der Waals surface area contributed by atoms with Gasteiger partial charge in [0, 0.05) is 18.9 Å². The second-order valence-electron chi connectivity index (χ2n) is 15.4. The van der Waals surface area contributed by atoms with Gasteiger partial charge in [-0.3, -0.25) is 0 Å². The highest BCUT2D eigenvalue weighted by Crippen LogP contribution is 2.70. The Bertz CT molecular complexity index is 937. The Labute approximate surface area is 250 Å². The Morgan fingerprint density at radius 2 is 1.55 bits per heavy atom. The number of fused-ring (bicyclic) bond motifs is 5. The van der Waals surface area contributed by atoms with Crippen molar-refractivity contribution in [2.45, 2.75) is 140 Å². The zero-order chi connectivity index (χ0) is 30.8. The normalized spacial score (nSPS) is 54.0. The van der Waals surface area contributed by atoms with Gasteiger partial charge >= 0.3 is 0 Å². The van der Waals surface area contributed by atoms with Crippen LogP contribution in [-0.4, -0.2) is 109 Å². The molecule has 5 fully saturated rings. The Balaban J connectivity index is 1.32. The van der Waals surface area contributed by atoms with Crippen molar-refractivity contribution in [1.29, 1.82) is 0 Å². The summed E-state index contributed by atoms with van der Waals surface area (Å²) in [7, 11) is 0. The smallest absolute Gasteiger partial charge is 0.186 e. The monoisotopic (exact) mass is 600 g/mol. The fourth-order valence-corrected chi connectivity index (χ4v) is 10.8. The molecular weight excluding hydrogens is 544 g/mol. The molecule has 17 atom stereocenters. The molecule has 0 bridgehead atoms. The second kappa shape index (κ2) is 12.1. The van der Waals surface area contributed by atoms with E-state index in [0.717, 1.165) is 32.1 Å². The van der Waals surface area contributed by atoms with Crippen LogP contribution in [0, 0.1) is 46.3 Å². The first kappa shape index (κ1) is 33.0. The summed E-state index contributed by atoms with van der Waals surface area (Å²) in [5.41, 5.74) is -2.21. The Morgan fingerprint density at radius 3 is 2.24 bits per heavy atom. The predicted octanol–water partition coefficient (Wildman–Crippen LogP) is 0.932. The lowest BCUT2D eigenvalue weighted by Gasteiger charge is -2.66. The highest BCUT2D eigenvalue weighted by molar-refractivity contribution is 5.21. The van der Waals surface area contributed by atoms with Gasteiger partial charge in [0.05, 0.1) is 36.6 Å². The number of aliphatic hydroxyl groups is 8. The van der Waals surface area contributed by atoms with Crippen LogP contribution in [0.4, 0.5) is 0 Å². The zero-order valence-electron chi connectivity index (χ0n) is 25.8. The molecule has 0 aromatic carbocycles. The molecule has 5 rings (SSSR count). The topological polar surface area (TPSA) is 180 Å². The SMILES string of the molecule is CC(CO)CCC[C@@H](C)[C@H]1[C@@H](O)[C@H](O)C2[C@]3(O)C[C@@H](O)C4C[C@@H](O[C@@H]5OC[C@@H](O)[C@H](O)[C@H]5O)CC[C@]4(C)C3CC[C@@]21C. The molecule has 4 aliphatic carbocycles. The van der Waals surface area contributed by atoms with E-state index in [1.165, 1.54) is 0 Å². The molecular formula is C32H56O10. The van der Waals surface area contributed by atoms with E-state index in [2.05, 4.69) is 20.8 Å². The summed E-state index contributed by atoms with van der Waals surface area (Å²) in [6, 6.07) is 0. The van der Waals surface area contributed by atoms with Gasteiger partial charge in [0.1, 0.15) is 18.3 Å². The first-order valence-electron chi connectivity index (χ1n) is 16.4. The lowest BCUT2D eigenvalue weighted by atomic mass is 9.42. The lowest BCUT2D eigenvalue weighted by molar-refractivity contribution is -0.300. The molecule has 0 radical (unpaired) electrons. The fraction of sp³-hybridized carbons (Fsp3) is 1.00. The third kappa shape index (κ3) is 5.29. The Morgan fingerprint density at radius 1 is 0.857 bits per heavy atom. The summed E-state index contributed by atoms with van der Waals surface area (Å²) < 4.78 is 11.5. The van der Waals surface area contributed by atoms with Crippen molar-refractivity contribution in [1.82, 2.24) is 0 Å². The van der Waals surface area contributed by atoms with Crippen LogP contribution in [0.5, 0.6) is 0 Å². The van der Waals surface area contributed by atoms with Gasteiger partial charge in [-0.15, -0.1) is 0 Å². The maximum absolute atomic E-state index is 12.6. The minimum absolute atomic E-state index is 0.122. The van der Waals surface area contributed by atoms with E-state index in [4.69, 9.17) is 9.47 Å². The van der Waals surface area contributed by atoms with Gasteiger partial charge in [-0.25, -0.2) is 0 Å². The molecule has 0 spiro atoms. The predicted molar refractivity (Wildman–Crippen MR) is 153 cm³/mol. The van der Waals surface area contributed by atoms with Crippen LogP contribution in [0.25, 0.3) is 0 Å². The number of rotatable bonds is 8. The van der Waals surface area contributed by atoms with Crippen LogP contribution in [-0.2, 0) is 9.47 Å². The molecule has 10 nitrogen and oxygen atoms in total. The van der Waals surface area contributed by atoms with Crippen LogP contribution in [0.3, 0.4) is 0 Å². The van der Waals surface area contributed by atoms with Gasteiger partial charge in [-0.2, -0.15) is 0 Å². The summed E-state index contributed by atoms with van der Waals surface area (Å²) in [5, 5.41) is 86.8. The second-order valence-corrected chi connectivity index (χ2v) is 15.4. The number of hydrogen-bond acceptors (Lipinski definition) is 10. The standard InChI is InChI=1S/C32H56O10/c1-16(14-33)6-5-7-17(2)23-25(37)26(38)28-31(23,4)11-9-22-30(3)10-8-18(12-19(30)20(34)13-32(22,28)40)42-29-27(39)24(36)21(35)15-41-29/h16-29,33-40H,5-15H2,1-4H3/t16?,17-,18+,19?,20-,21-,22?,23+,24+,25-,26+,27-,28?,29+,30+,31-,32+/m1/s1. The summed E-state index contributed by atoms with van der Waals surface area (Å²) in [4.78, 5) is 0. The van der Waals surface area contributed by atoms with E-state index in [1.54, 1.807) is 0 Å². The summed E-state index contributed by atoms with van der Waals surface area (Å²) in [5.74, 6) is -0.691. The van der Waals surface area contributed by atoms with E-state index >= 15 is 0 Å². The molecule has 0 aromatic rings. The molecule has 4 unspecified atom stereocenters. The largest absolute Gasteiger partial charge is 0.396 e. The van der Waals surface area contributed by atoms with Gasteiger partial charge in [-0.05, 0) is 78.9 Å². The lowest BCUT2D eigenvalue weighted by Crippen LogP contribution is -2.69. The number of hydrogen-bond donors (Lipinski definition) is 8. The third-order valence-corrected chi connectivity index (χ3v) is 12.9. The van der Waals surface area contributed by atoms with Crippen LogP contribution in [0.1, 0.15) is 85.5 Å². The molecule has 8 N–H and O–H groups in total. The van der Waals surface area contributed by atoms with E-state index in [1.807, 2.05) is 6.92 Å². The Hall–Kier alpha value is -0.400. The first-order chi connectivity index (χ1) is 19.7. The van der Waals surface area contributed by atoms with Gasteiger partial charge in [0.2, 0.25) is 0 Å². The maximum Gasteiger partial charge on any atom is 0.186 e. The molecule has 1 saturated heterocycles. The molecule has 0 aromatic heterocycles. The highest BCUT2D eigenvalue weighted by atomic mass is 16.7. The minimum atomic E-state index is -1.37. The minimum Gasteiger partial charge on any atom is -0.396 e. The van der Waals surface area contributed by atoms with E-state index in [-0.39, 0.29) is 55.3 Å². The molecule has 1 aliphatic heterocycles. The van der Waals surface area contributed by atoms with Crippen molar-refractivity contribution < 1.29 is 50.3 Å². The molecule has 42 heavy (non-hydrogen) atoms. The zero-order valence-corrected chi connectivity index (χ0v) is 25.8. The molecule has 5 aliphatic rings. The highest BCUT2D eigenvalue weighted by Gasteiger charge is 2.72. The van der Waals surface area contributed by atoms with Crippen molar-refractivity contribution >= 4 is 0 Å². The fourth-order valence-electron chi connectivity index (χ4n) is 10.8. The molecule has 0 amide bonds. The summed E-state index contributed by atoms with van der Waals surface area (Å²) >= 11 is 0. The quantitative estimate of drug-likeness (QED) is 0.187. The van der Waals surface area contributed by atoms with Crippen molar-refractivity contribution in [2.24, 2.45) is 46.3 Å². The van der Waals surface area contributed by atoms with Gasteiger partial charge in [0.15, 0.2) is 6.29 Å². The summed E-state index contributed by atoms with van der Waals surface area (Å²) in [6.07, 6.45) is -1.99. The van der Waals surface area contributed by atoms with Crippen molar-refractivity contribution in [2.75, 3.05) is 13.2 Å².